The summed E-state index contributed by atoms with van der Waals surface area (Å²) in [5.41, 5.74) is 0.822. The van der Waals surface area contributed by atoms with Crippen molar-refractivity contribution in [2.24, 2.45) is 11.8 Å². The van der Waals surface area contributed by atoms with Gasteiger partial charge in [0.2, 0.25) is 5.88 Å². The molecule has 31 heavy (non-hydrogen) atoms. The number of benzene rings is 1. The largest absolute Gasteiger partial charge is 0.481 e. The molecule has 2 aromatic rings. The molecule has 1 aromatic carbocycles. The minimum absolute atomic E-state index is 0.0757. The number of hydrogen-bond acceptors (Lipinski definition) is 7. The molecule has 2 heterocycles. The van der Waals surface area contributed by atoms with Gasteiger partial charge in [-0.05, 0) is 30.5 Å². The second-order valence-corrected chi connectivity index (χ2v) is 8.26. The van der Waals surface area contributed by atoms with Gasteiger partial charge < -0.3 is 19.3 Å². The van der Waals surface area contributed by atoms with Gasteiger partial charge in [0.15, 0.2) is 0 Å². The van der Waals surface area contributed by atoms with Crippen LogP contribution in [0.1, 0.15) is 30.4 Å². The summed E-state index contributed by atoms with van der Waals surface area (Å²) in [5, 5.41) is 12.0. The molecular weight excluding hydrogens is 394 g/mol. The third-order valence-electron chi connectivity index (χ3n) is 6.47. The summed E-state index contributed by atoms with van der Waals surface area (Å²) in [5.74, 6) is 3.82. The van der Waals surface area contributed by atoms with E-state index in [-0.39, 0.29) is 24.5 Å². The molecule has 1 saturated carbocycles. The molecule has 1 saturated heterocycles. The molecule has 2 bridgehead atoms. The zero-order chi connectivity index (χ0) is 21.8. The van der Waals surface area contributed by atoms with Gasteiger partial charge in [0.05, 0.1) is 19.8 Å². The number of terminal acetylenes is 1. The lowest BCUT2D eigenvalue weighted by molar-refractivity contribution is -0.149. The van der Waals surface area contributed by atoms with Crippen LogP contribution in [0.2, 0.25) is 0 Å². The van der Waals surface area contributed by atoms with Crippen molar-refractivity contribution in [3.63, 3.8) is 0 Å². The van der Waals surface area contributed by atoms with Crippen LogP contribution in [0.4, 0.5) is 0 Å². The fraction of sp³-hybridized carbons (Fsp3) is 0.500. The van der Waals surface area contributed by atoms with E-state index in [4.69, 9.17) is 20.6 Å². The first kappa shape index (κ1) is 21.4. The molecule has 7 nitrogen and oxygen atoms in total. The van der Waals surface area contributed by atoms with Crippen LogP contribution >= 0.6 is 0 Å². The maximum Gasteiger partial charge on any atom is 0.319 e. The van der Waals surface area contributed by atoms with Gasteiger partial charge in [0, 0.05) is 37.7 Å². The number of piperidine rings is 1. The van der Waals surface area contributed by atoms with Crippen molar-refractivity contribution in [1.82, 2.24) is 14.9 Å². The highest BCUT2D eigenvalue weighted by Crippen LogP contribution is 2.51. The standard InChI is InChI=1S/C24H29N3O4/c1-4-11-31-20-10-5-7-17(12-20)14-27-15-18-8-6-9-19(16-27)24(18,28)21-13-25-23(30-3)26-22(21)29-2/h1,5,7,10,12-13,18-19,28H,6,8-9,11,14-16H2,2-3H3/t18-,19+,24?. The van der Waals surface area contributed by atoms with Crippen LogP contribution in [0.25, 0.3) is 0 Å². The SMILES string of the molecule is C#CCOc1cccc(CN2C[C@H]3CCC[C@@H](C2)C3(O)c2cnc(OC)nc2OC)c1. The van der Waals surface area contributed by atoms with Gasteiger partial charge in [-0.15, -0.1) is 6.42 Å². The Labute approximate surface area is 183 Å². The number of aliphatic hydroxyl groups is 1. The average Bonchev–Trinajstić information content (AvgIpc) is 2.78. The summed E-state index contributed by atoms with van der Waals surface area (Å²) in [6, 6.07) is 8.27. The van der Waals surface area contributed by atoms with Crippen LogP contribution in [-0.2, 0) is 12.1 Å². The van der Waals surface area contributed by atoms with Crippen LogP contribution in [-0.4, -0.2) is 53.9 Å². The Balaban J connectivity index is 1.55. The first-order valence-corrected chi connectivity index (χ1v) is 10.6. The zero-order valence-electron chi connectivity index (χ0n) is 18.1. The zero-order valence-corrected chi connectivity index (χ0v) is 18.1. The van der Waals surface area contributed by atoms with Gasteiger partial charge in [-0.2, -0.15) is 4.98 Å². The normalized spacial score (nSPS) is 25.5. The summed E-state index contributed by atoms with van der Waals surface area (Å²) in [6.07, 6.45) is 9.97. The van der Waals surface area contributed by atoms with Gasteiger partial charge in [0.25, 0.3) is 0 Å². The van der Waals surface area contributed by atoms with Crippen LogP contribution in [0.15, 0.2) is 30.5 Å². The molecule has 164 valence electrons. The maximum atomic E-state index is 12.0. The average molecular weight is 424 g/mol. The summed E-state index contributed by atoms with van der Waals surface area (Å²) in [6.45, 7) is 2.64. The molecule has 3 atom stereocenters. The van der Waals surface area contributed by atoms with Crippen LogP contribution in [0.5, 0.6) is 17.6 Å². The van der Waals surface area contributed by atoms with E-state index in [2.05, 4.69) is 26.9 Å². The van der Waals surface area contributed by atoms with Gasteiger partial charge in [-0.3, -0.25) is 4.90 Å². The first-order chi connectivity index (χ1) is 15.1. The number of nitrogens with zero attached hydrogens (tertiary/aromatic N) is 3. The Morgan fingerprint density at radius 1 is 1.23 bits per heavy atom. The smallest absolute Gasteiger partial charge is 0.319 e. The van der Waals surface area contributed by atoms with E-state index >= 15 is 0 Å². The molecule has 2 fully saturated rings. The number of methoxy groups -OCH3 is 2. The lowest BCUT2D eigenvalue weighted by Crippen LogP contribution is -2.58. The van der Waals surface area contributed by atoms with Crippen LogP contribution in [0.3, 0.4) is 0 Å². The Morgan fingerprint density at radius 2 is 2.00 bits per heavy atom. The maximum absolute atomic E-state index is 12.0. The molecule has 1 aliphatic carbocycles. The van der Waals surface area contributed by atoms with Gasteiger partial charge in [0.1, 0.15) is 18.0 Å². The van der Waals surface area contributed by atoms with E-state index in [0.29, 0.717) is 11.4 Å². The van der Waals surface area contributed by atoms with E-state index in [1.807, 2.05) is 18.2 Å². The van der Waals surface area contributed by atoms with Crippen molar-refractivity contribution in [2.75, 3.05) is 33.9 Å². The Kier molecular flexibility index (Phi) is 6.30. The monoisotopic (exact) mass is 423 g/mol. The van der Waals surface area contributed by atoms with Crippen LogP contribution in [0, 0.1) is 24.2 Å². The van der Waals surface area contributed by atoms with Crippen molar-refractivity contribution in [3.8, 4) is 30.0 Å². The number of likely N-dealkylation sites (tertiary alicyclic amines) is 1. The van der Waals surface area contributed by atoms with Gasteiger partial charge in [-0.1, -0.05) is 24.5 Å². The van der Waals surface area contributed by atoms with Crippen molar-refractivity contribution in [3.05, 3.63) is 41.6 Å². The molecule has 1 unspecified atom stereocenters. The third-order valence-corrected chi connectivity index (χ3v) is 6.47. The number of aromatic nitrogens is 2. The van der Waals surface area contributed by atoms with Crippen molar-refractivity contribution in [2.45, 2.75) is 31.4 Å². The molecule has 1 N–H and O–H groups in total. The summed E-state index contributed by atoms with van der Waals surface area (Å²) < 4.78 is 16.2. The molecular formula is C24H29N3O4. The predicted molar refractivity (Wildman–Crippen MR) is 116 cm³/mol. The minimum Gasteiger partial charge on any atom is -0.481 e. The fourth-order valence-corrected chi connectivity index (χ4v) is 5.11. The molecule has 7 heteroatoms. The second kappa shape index (κ2) is 9.13. The van der Waals surface area contributed by atoms with Crippen molar-refractivity contribution < 1.29 is 19.3 Å². The first-order valence-electron chi connectivity index (χ1n) is 10.6. The fourth-order valence-electron chi connectivity index (χ4n) is 5.11. The Morgan fingerprint density at radius 3 is 2.68 bits per heavy atom. The van der Waals surface area contributed by atoms with E-state index < -0.39 is 5.60 Å². The van der Waals surface area contributed by atoms with Gasteiger partial charge >= 0.3 is 6.01 Å². The van der Waals surface area contributed by atoms with Crippen molar-refractivity contribution in [1.29, 1.82) is 0 Å². The quantitative estimate of drug-likeness (QED) is 0.686. The number of ether oxygens (including phenoxy) is 3. The predicted octanol–water partition coefficient (Wildman–Crippen LogP) is 2.63. The Hall–Kier alpha value is -2.82. The molecule has 2 aliphatic rings. The number of rotatable bonds is 7. The lowest BCUT2D eigenvalue weighted by atomic mass is 9.63. The molecule has 1 aromatic heterocycles. The van der Waals surface area contributed by atoms with Crippen molar-refractivity contribution >= 4 is 0 Å². The van der Waals surface area contributed by atoms with E-state index in [1.54, 1.807) is 13.3 Å². The highest BCUT2D eigenvalue weighted by Gasteiger charge is 2.53. The minimum atomic E-state index is -1.01. The third kappa shape index (κ3) is 4.18. The molecule has 0 amide bonds. The summed E-state index contributed by atoms with van der Waals surface area (Å²) in [4.78, 5) is 11.0. The highest BCUT2D eigenvalue weighted by atomic mass is 16.5. The highest BCUT2D eigenvalue weighted by molar-refractivity contribution is 5.35. The van der Waals surface area contributed by atoms with E-state index in [9.17, 15) is 5.11 Å². The second-order valence-electron chi connectivity index (χ2n) is 8.26. The molecule has 0 spiro atoms. The van der Waals surface area contributed by atoms with E-state index in [0.717, 1.165) is 44.6 Å². The van der Waals surface area contributed by atoms with E-state index in [1.165, 1.54) is 12.7 Å². The Bertz CT molecular complexity index is 944. The number of hydrogen-bond donors (Lipinski definition) is 1. The molecule has 1 aliphatic heterocycles. The number of fused-ring (bicyclic) bond motifs is 2. The van der Waals surface area contributed by atoms with Crippen LogP contribution < -0.4 is 14.2 Å². The summed E-state index contributed by atoms with van der Waals surface area (Å²) >= 11 is 0. The molecule has 4 rings (SSSR count). The molecule has 0 radical (unpaired) electrons. The topological polar surface area (TPSA) is 76.9 Å². The lowest BCUT2D eigenvalue weighted by Gasteiger charge is -2.53. The summed E-state index contributed by atoms with van der Waals surface area (Å²) in [7, 11) is 3.08. The van der Waals surface area contributed by atoms with Gasteiger partial charge in [-0.25, -0.2) is 4.98 Å².